The Morgan fingerprint density at radius 2 is 2.12 bits per heavy atom. The zero-order valence-electron chi connectivity index (χ0n) is 8.92. The fourth-order valence-electron chi connectivity index (χ4n) is 2.06. The highest BCUT2D eigenvalue weighted by molar-refractivity contribution is 9.08. The molecule has 0 unspecified atom stereocenters. The highest BCUT2D eigenvalue weighted by Crippen LogP contribution is 2.25. The first-order valence-electron chi connectivity index (χ1n) is 5.22. The topological polar surface area (TPSA) is 28.7 Å². The summed E-state index contributed by atoms with van der Waals surface area (Å²) in [5, 5.41) is 3.39. The molecule has 0 saturated carbocycles. The highest BCUT2D eigenvalue weighted by atomic mass is 79.9. The maximum Gasteiger partial charge on any atom is 0.104 e. The van der Waals surface area contributed by atoms with Gasteiger partial charge in [-0.25, -0.2) is 4.98 Å². The third kappa shape index (κ3) is 1.43. The van der Waals surface area contributed by atoms with Gasteiger partial charge in [-0.2, -0.15) is 0 Å². The summed E-state index contributed by atoms with van der Waals surface area (Å²) < 4.78 is 0. The van der Waals surface area contributed by atoms with Crippen molar-refractivity contribution in [1.82, 2.24) is 9.97 Å². The zero-order valence-corrected chi connectivity index (χ0v) is 10.5. The van der Waals surface area contributed by atoms with Crippen LogP contribution in [0.1, 0.15) is 11.4 Å². The number of aryl methyl sites for hydroxylation is 1. The number of halogens is 1. The van der Waals surface area contributed by atoms with Crippen molar-refractivity contribution in [1.29, 1.82) is 0 Å². The Balaban J connectivity index is 2.42. The van der Waals surface area contributed by atoms with E-state index in [1.807, 2.05) is 6.92 Å². The number of imidazole rings is 1. The fourth-order valence-corrected chi connectivity index (χ4v) is 2.41. The molecule has 0 atom stereocenters. The van der Waals surface area contributed by atoms with Crippen molar-refractivity contribution in [2.45, 2.75) is 12.3 Å². The maximum absolute atomic E-state index is 4.44. The molecule has 2 aromatic carbocycles. The first-order valence-corrected chi connectivity index (χ1v) is 6.34. The van der Waals surface area contributed by atoms with Crippen molar-refractivity contribution in [3.05, 3.63) is 41.7 Å². The quantitative estimate of drug-likeness (QED) is 0.670. The van der Waals surface area contributed by atoms with Crippen molar-refractivity contribution in [2.24, 2.45) is 0 Å². The lowest BCUT2D eigenvalue weighted by atomic mass is 10.1. The number of nitrogens with zero attached hydrogens (tertiary/aromatic N) is 1. The molecular weight excluding hydrogens is 264 g/mol. The van der Waals surface area contributed by atoms with Crippen molar-refractivity contribution in [3.63, 3.8) is 0 Å². The van der Waals surface area contributed by atoms with Crippen LogP contribution in [0.2, 0.25) is 0 Å². The van der Waals surface area contributed by atoms with Gasteiger partial charge in [0.2, 0.25) is 0 Å². The van der Waals surface area contributed by atoms with Crippen LogP contribution >= 0.6 is 15.9 Å². The van der Waals surface area contributed by atoms with Gasteiger partial charge in [-0.15, -0.1) is 0 Å². The van der Waals surface area contributed by atoms with Crippen molar-refractivity contribution >= 4 is 37.7 Å². The Hall–Kier alpha value is -1.35. The number of hydrogen-bond acceptors (Lipinski definition) is 1. The number of benzene rings is 2. The zero-order chi connectivity index (χ0) is 11.1. The van der Waals surface area contributed by atoms with Crippen molar-refractivity contribution in [2.75, 3.05) is 0 Å². The largest absolute Gasteiger partial charge is 0.342 e. The van der Waals surface area contributed by atoms with Gasteiger partial charge < -0.3 is 4.98 Å². The monoisotopic (exact) mass is 274 g/mol. The molecule has 1 N–H and O–H groups in total. The molecule has 0 aliphatic rings. The van der Waals surface area contributed by atoms with Crippen LogP contribution in [-0.2, 0) is 5.33 Å². The average Bonchev–Trinajstić information content (AvgIpc) is 2.69. The molecule has 3 heteroatoms. The Labute approximate surface area is 102 Å². The molecule has 2 nitrogen and oxygen atoms in total. The molecule has 1 aromatic heterocycles. The summed E-state index contributed by atoms with van der Waals surface area (Å²) in [5.41, 5.74) is 3.47. The van der Waals surface area contributed by atoms with E-state index in [1.54, 1.807) is 0 Å². The number of aromatic nitrogens is 2. The van der Waals surface area contributed by atoms with Crippen molar-refractivity contribution in [3.8, 4) is 0 Å². The number of rotatable bonds is 1. The maximum atomic E-state index is 4.44. The van der Waals surface area contributed by atoms with Crippen LogP contribution in [0.25, 0.3) is 21.8 Å². The standard InChI is InChI=1S/C13H11BrN2/c1-8-15-12-5-3-10-6-9(7-14)2-4-11(10)13(12)16-8/h2-6H,7H2,1H3,(H,15,16). The lowest BCUT2D eigenvalue weighted by Crippen LogP contribution is -1.80. The molecule has 0 fully saturated rings. The first kappa shape index (κ1) is 9.85. The Kier molecular flexibility index (Phi) is 2.21. The van der Waals surface area contributed by atoms with E-state index in [9.17, 15) is 0 Å². The number of H-pyrrole nitrogens is 1. The summed E-state index contributed by atoms with van der Waals surface area (Å²) in [4.78, 5) is 7.76. The van der Waals surface area contributed by atoms with Gasteiger partial charge in [0.1, 0.15) is 5.82 Å². The van der Waals surface area contributed by atoms with Gasteiger partial charge >= 0.3 is 0 Å². The van der Waals surface area contributed by atoms with E-state index in [-0.39, 0.29) is 0 Å². The van der Waals surface area contributed by atoms with Gasteiger partial charge in [-0.1, -0.05) is 40.2 Å². The number of fused-ring (bicyclic) bond motifs is 3. The van der Waals surface area contributed by atoms with Crippen LogP contribution in [0, 0.1) is 6.92 Å². The van der Waals surface area contributed by atoms with Crippen LogP contribution in [0.4, 0.5) is 0 Å². The third-order valence-electron chi connectivity index (χ3n) is 2.81. The Bertz CT molecular complexity index is 670. The van der Waals surface area contributed by atoms with E-state index in [0.29, 0.717) is 0 Å². The number of hydrogen-bond donors (Lipinski definition) is 1. The molecular formula is C13H11BrN2. The second-order valence-electron chi connectivity index (χ2n) is 3.97. The fraction of sp³-hybridized carbons (Fsp3) is 0.154. The van der Waals surface area contributed by atoms with Gasteiger partial charge in [0.25, 0.3) is 0 Å². The number of nitrogens with one attached hydrogen (secondary N) is 1. The van der Waals surface area contributed by atoms with E-state index in [2.05, 4.69) is 56.2 Å². The molecule has 0 saturated heterocycles. The van der Waals surface area contributed by atoms with Gasteiger partial charge in [-0.05, 0) is 23.9 Å². The predicted molar refractivity (Wildman–Crippen MR) is 71.0 cm³/mol. The number of alkyl halides is 1. The lowest BCUT2D eigenvalue weighted by molar-refractivity contribution is 1.17. The molecule has 16 heavy (non-hydrogen) atoms. The third-order valence-corrected chi connectivity index (χ3v) is 3.46. The Morgan fingerprint density at radius 1 is 1.25 bits per heavy atom. The van der Waals surface area contributed by atoms with E-state index < -0.39 is 0 Å². The van der Waals surface area contributed by atoms with Crippen molar-refractivity contribution < 1.29 is 0 Å². The molecule has 0 radical (unpaired) electrons. The molecule has 0 aliphatic heterocycles. The molecule has 0 spiro atoms. The average molecular weight is 275 g/mol. The van der Waals surface area contributed by atoms with E-state index in [0.717, 1.165) is 22.2 Å². The minimum absolute atomic E-state index is 0.892. The van der Waals surface area contributed by atoms with Crippen LogP contribution in [0.3, 0.4) is 0 Å². The minimum Gasteiger partial charge on any atom is -0.342 e. The highest BCUT2D eigenvalue weighted by Gasteiger charge is 2.04. The van der Waals surface area contributed by atoms with Gasteiger partial charge in [-0.3, -0.25) is 0 Å². The SMILES string of the molecule is Cc1nc2ccc3cc(CBr)ccc3c2[nH]1. The van der Waals surface area contributed by atoms with Gasteiger partial charge in [0.05, 0.1) is 11.0 Å². The van der Waals surface area contributed by atoms with Gasteiger partial charge in [0, 0.05) is 10.7 Å². The molecule has 1 heterocycles. The Morgan fingerprint density at radius 3 is 2.94 bits per heavy atom. The minimum atomic E-state index is 0.892. The van der Waals surface area contributed by atoms with E-state index >= 15 is 0 Å². The number of aromatic amines is 1. The molecule has 0 bridgehead atoms. The van der Waals surface area contributed by atoms with Crippen LogP contribution in [0.15, 0.2) is 30.3 Å². The summed E-state index contributed by atoms with van der Waals surface area (Å²) in [5.74, 6) is 0.965. The summed E-state index contributed by atoms with van der Waals surface area (Å²) in [6.07, 6.45) is 0. The molecule has 3 aromatic rings. The smallest absolute Gasteiger partial charge is 0.104 e. The van der Waals surface area contributed by atoms with Crippen LogP contribution in [0.5, 0.6) is 0 Å². The van der Waals surface area contributed by atoms with Gasteiger partial charge in [0.15, 0.2) is 0 Å². The summed E-state index contributed by atoms with van der Waals surface area (Å²) in [7, 11) is 0. The molecule has 0 amide bonds. The molecule has 80 valence electrons. The lowest BCUT2D eigenvalue weighted by Gasteiger charge is -2.01. The predicted octanol–water partition coefficient (Wildman–Crippen LogP) is 3.92. The first-order chi connectivity index (χ1) is 7.78. The van der Waals surface area contributed by atoms with Crippen LogP contribution in [-0.4, -0.2) is 9.97 Å². The van der Waals surface area contributed by atoms with Crippen LogP contribution < -0.4 is 0 Å². The summed E-state index contributed by atoms with van der Waals surface area (Å²) in [6.45, 7) is 1.98. The van der Waals surface area contributed by atoms with E-state index in [1.165, 1.54) is 16.3 Å². The second kappa shape index (κ2) is 3.59. The van der Waals surface area contributed by atoms with E-state index in [4.69, 9.17) is 0 Å². The molecule has 0 aliphatic carbocycles. The molecule has 3 rings (SSSR count). The summed E-state index contributed by atoms with van der Waals surface area (Å²) in [6, 6.07) is 10.7. The normalized spacial score (nSPS) is 11.4. The summed E-state index contributed by atoms with van der Waals surface area (Å²) >= 11 is 3.48. The second-order valence-corrected chi connectivity index (χ2v) is 4.53.